The Morgan fingerprint density at radius 3 is 2.55 bits per heavy atom. The SMILES string of the molecule is CC(C)n1c(CC(C)(C)C(=O)O)cc2cccc(O)c21. The van der Waals surface area contributed by atoms with Crippen LogP contribution in [0.4, 0.5) is 0 Å². The van der Waals surface area contributed by atoms with E-state index in [9.17, 15) is 15.0 Å². The van der Waals surface area contributed by atoms with Gasteiger partial charge >= 0.3 is 5.97 Å². The molecule has 1 aromatic carbocycles. The fourth-order valence-electron chi connectivity index (χ4n) is 2.57. The summed E-state index contributed by atoms with van der Waals surface area (Å²) >= 11 is 0. The van der Waals surface area contributed by atoms with Crippen LogP contribution in [0.3, 0.4) is 0 Å². The number of aromatic hydroxyl groups is 1. The molecule has 0 unspecified atom stereocenters. The molecule has 0 spiro atoms. The van der Waals surface area contributed by atoms with Crippen molar-refractivity contribution in [1.29, 1.82) is 0 Å². The smallest absolute Gasteiger partial charge is 0.309 e. The van der Waals surface area contributed by atoms with E-state index in [1.165, 1.54) is 0 Å². The third kappa shape index (κ3) is 2.38. The van der Waals surface area contributed by atoms with Crippen LogP contribution >= 0.6 is 0 Å². The average Bonchev–Trinajstić information content (AvgIpc) is 2.67. The number of hydrogen-bond acceptors (Lipinski definition) is 2. The first-order valence-electron chi connectivity index (χ1n) is 6.79. The van der Waals surface area contributed by atoms with Crippen LogP contribution in [0.2, 0.25) is 0 Å². The number of carboxylic acid groups (broad SMARTS) is 1. The van der Waals surface area contributed by atoms with Gasteiger partial charge in [-0.2, -0.15) is 0 Å². The molecule has 0 aliphatic rings. The molecule has 0 bridgehead atoms. The molecule has 20 heavy (non-hydrogen) atoms. The molecule has 2 aromatic rings. The minimum absolute atomic E-state index is 0.153. The molecule has 4 heteroatoms. The molecule has 2 rings (SSSR count). The number of phenols is 1. The molecule has 0 saturated heterocycles. The minimum atomic E-state index is -0.837. The highest BCUT2D eigenvalue weighted by atomic mass is 16.4. The fraction of sp³-hybridized carbons (Fsp3) is 0.438. The van der Waals surface area contributed by atoms with Gasteiger partial charge < -0.3 is 14.8 Å². The monoisotopic (exact) mass is 275 g/mol. The van der Waals surface area contributed by atoms with Crippen LogP contribution in [0, 0.1) is 5.41 Å². The maximum Gasteiger partial charge on any atom is 0.309 e. The summed E-state index contributed by atoms with van der Waals surface area (Å²) in [5.74, 6) is -0.585. The lowest BCUT2D eigenvalue weighted by atomic mass is 9.88. The molecule has 0 amide bonds. The van der Waals surface area contributed by atoms with E-state index in [1.807, 2.05) is 30.5 Å². The quantitative estimate of drug-likeness (QED) is 0.896. The van der Waals surface area contributed by atoms with Crippen LogP contribution in [0.25, 0.3) is 10.9 Å². The zero-order chi connectivity index (χ0) is 15.1. The number of para-hydroxylation sites is 1. The Bertz CT molecular complexity index is 653. The van der Waals surface area contributed by atoms with Crippen LogP contribution in [-0.2, 0) is 11.2 Å². The lowest BCUT2D eigenvalue weighted by Crippen LogP contribution is -2.27. The Morgan fingerprint density at radius 1 is 1.35 bits per heavy atom. The first kappa shape index (κ1) is 14.4. The van der Waals surface area contributed by atoms with Gasteiger partial charge in [-0.15, -0.1) is 0 Å². The van der Waals surface area contributed by atoms with Crippen molar-refractivity contribution < 1.29 is 15.0 Å². The number of phenolic OH excluding ortho intramolecular Hbond substituents is 1. The number of hydrogen-bond donors (Lipinski definition) is 2. The zero-order valence-electron chi connectivity index (χ0n) is 12.3. The van der Waals surface area contributed by atoms with Gasteiger partial charge in [0.25, 0.3) is 0 Å². The van der Waals surface area contributed by atoms with E-state index in [0.717, 1.165) is 16.6 Å². The number of carboxylic acids is 1. The molecule has 0 aliphatic carbocycles. The molecule has 1 heterocycles. The highest BCUT2D eigenvalue weighted by Gasteiger charge is 2.29. The van der Waals surface area contributed by atoms with Crippen molar-refractivity contribution in [3.63, 3.8) is 0 Å². The molecule has 1 aromatic heterocycles. The highest BCUT2D eigenvalue weighted by Crippen LogP contribution is 2.33. The number of carbonyl (C=O) groups is 1. The molecule has 4 nitrogen and oxygen atoms in total. The first-order chi connectivity index (χ1) is 9.24. The number of fused-ring (bicyclic) bond motifs is 1. The Hall–Kier alpha value is -1.97. The van der Waals surface area contributed by atoms with E-state index in [1.54, 1.807) is 26.0 Å². The van der Waals surface area contributed by atoms with Crippen LogP contribution in [0.15, 0.2) is 24.3 Å². The molecule has 0 aliphatic heterocycles. The Morgan fingerprint density at radius 2 is 2.00 bits per heavy atom. The number of aromatic nitrogens is 1. The summed E-state index contributed by atoms with van der Waals surface area (Å²) < 4.78 is 2.02. The Labute approximate surface area is 118 Å². The van der Waals surface area contributed by atoms with Crippen molar-refractivity contribution >= 4 is 16.9 Å². The first-order valence-corrected chi connectivity index (χ1v) is 6.79. The third-order valence-electron chi connectivity index (χ3n) is 3.64. The topological polar surface area (TPSA) is 62.5 Å². The van der Waals surface area contributed by atoms with E-state index in [4.69, 9.17) is 0 Å². The highest BCUT2D eigenvalue weighted by molar-refractivity contribution is 5.87. The predicted octanol–water partition coefficient (Wildman–Crippen LogP) is 3.58. The molecule has 0 atom stereocenters. The number of benzene rings is 1. The Kier molecular flexibility index (Phi) is 3.50. The largest absolute Gasteiger partial charge is 0.506 e. The van der Waals surface area contributed by atoms with Crippen molar-refractivity contribution in [3.8, 4) is 5.75 Å². The van der Waals surface area contributed by atoms with Gasteiger partial charge in [-0.05, 0) is 39.8 Å². The maximum atomic E-state index is 11.3. The predicted molar refractivity (Wildman–Crippen MR) is 79.1 cm³/mol. The summed E-state index contributed by atoms with van der Waals surface area (Å²) in [5, 5.41) is 20.3. The van der Waals surface area contributed by atoms with E-state index in [0.29, 0.717) is 6.42 Å². The lowest BCUT2D eigenvalue weighted by molar-refractivity contribution is -0.146. The number of aliphatic carboxylic acids is 1. The maximum absolute atomic E-state index is 11.3. The van der Waals surface area contributed by atoms with Crippen LogP contribution in [-0.4, -0.2) is 20.7 Å². The van der Waals surface area contributed by atoms with E-state index >= 15 is 0 Å². The van der Waals surface area contributed by atoms with Gasteiger partial charge in [0.05, 0.1) is 10.9 Å². The van der Waals surface area contributed by atoms with Crippen molar-refractivity contribution in [3.05, 3.63) is 30.0 Å². The van der Waals surface area contributed by atoms with Crippen LogP contribution < -0.4 is 0 Å². The normalized spacial score (nSPS) is 12.2. The van der Waals surface area contributed by atoms with E-state index < -0.39 is 11.4 Å². The van der Waals surface area contributed by atoms with Crippen molar-refractivity contribution in [1.82, 2.24) is 4.57 Å². The third-order valence-corrected chi connectivity index (χ3v) is 3.64. The average molecular weight is 275 g/mol. The summed E-state index contributed by atoms with van der Waals surface area (Å²) in [6.07, 6.45) is 0.425. The fourth-order valence-corrected chi connectivity index (χ4v) is 2.57. The summed E-state index contributed by atoms with van der Waals surface area (Å²) in [4.78, 5) is 11.3. The second-order valence-corrected chi connectivity index (χ2v) is 6.18. The molecule has 0 fully saturated rings. The molecular weight excluding hydrogens is 254 g/mol. The molecule has 0 radical (unpaired) electrons. The molecular formula is C16H21NO3. The minimum Gasteiger partial charge on any atom is -0.506 e. The van der Waals surface area contributed by atoms with Crippen molar-refractivity contribution in [2.45, 2.75) is 40.2 Å². The molecule has 108 valence electrons. The van der Waals surface area contributed by atoms with Crippen LogP contribution in [0.5, 0.6) is 5.75 Å². The van der Waals surface area contributed by atoms with Gasteiger partial charge in [0.1, 0.15) is 5.75 Å². The van der Waals surface area contributed by atoms with Gasteiger partial charge in [-0.3, -0.25) is 4.79 Å². The number of nitrogens with zero attached hydrogens (tertiary/aromatic N) is 1. The van der Waals surface area contributed by atoms with Gasteiger partial charge in [0.15, 0.2) is 0 Å². The lowest BCUT2D eigenvalue weighted by Gasteiger charge is -2.22. The van der Waals surface area contributed by atoms with E-state index in [2.05, 4.69) is 0 Å². The summed E-state index contributed by atoms with van der Waals surface area (Å²) in [6.45, 7) is 7.50. The Balaban J connectivity index is 2.62. The van der Waals surface area contributed by atoms with Crippen LogP contribution in [0.1, 0.15) is 39.4 Å². The van der Waals surface area contributed by atoms with Gasteiger partial charge in [0, 0.05) is 23.5 Å². The number of rotatable bonds is 4. The summed E-state index contributed by atoms with van der Waals surface area (Å²) in [5.41, 5.74) is 0.874. The van der Waals surface area contributed by atoms with E-state index in [-0.39, 0.29) is 11.8 Å². The molecule has 2 N–H and O–H groups in total. The standard InChI is InChI=1S/C16H21NO3/c1-10(2)17-12(9-16(3,4)15(19)20)8-11-6-5-7-13(18)14(11)17/h5-8,10,18H,9H2,1-4H3,(H,19,20). The second-order valence-electron chi connectivity index (χ2n) is 6.18. The zero-order valence-corrected chi connectivity index (χ0v) is 12.3. The summed E-state index contributed by atoms with van der Waals surface area (Å²) in [7, 11) is 0. The summed E-state index contributed by atoms with van der Waals surface area (Å²) in [6, 6.07) is 7.52. The van der Waals surface area contributed by atoms with Crippen molar-refractivity contribution in [2.24, 2.45) is 5.41 Å². The van der Waals surface area contributed by atoms with Gasteiger partial charge in [-0.1, -0.05) is 12.1 Å². The van der Waals surface area contributed by atoms with Crippen molar-refractivity contribution in [2.75, 3.05) is 0 Å². The second kappa shape index (κ2) is 4.85. The van der Waals surface area contributed by atoms with Gasteiger partial charge in [-0.25, -0.2) is 0 Å². The van der Waals surface area contributed by atoms with Gasteiger partial charge in [0.2, 0.25) is 0 Å². The molecule has 0 saturated carbocycles.